The molecule has 0 saturated carbocycles. The van der Waals surface area contributed by atoms with E-state index < -0.39 is 17.2 Å². The molecule has 4 N–H and O–H groups in total. The number of nitrogen functional groups attached to an aromatic ring is 1. The molecule has 0 aliphatic heterocycles. The molecule has 0 unspecified atom stereocenters. The lowest BCUT2D eigenvalue weighted by atomic mass is 10.1. The number of anilines is 3. The number of thiophene rings is 1. The van der Waals surface area contributed by atoms with E-state index in [-0.39, 0.29) is 29.5 Å². The van der Waals surface area contributed by atoms with Gasteiger partial charge in [-0.3, -0.25) is 23.9 Å². The smallest absolute Gasteiger partial charge is 0.330 e. The van der Waals surface area contributed by atoms with Crippen molar-refractivity contribution in [3.63, 3.8) is 0 Å². The van der Waals surface area contributed by atoms with Gasteiger partial charge in [-0.2, -0.15) is 0 Å². The highest BCUT2D eigenvalue weighted by molar-refractivity contribution is 7.12. The molecule has 34 heavy (non-hydrogen) atoms. The third-order valence-corrected chi connectivity index (χ3v) is 6.04. The molecule has 172 valence electrons. The molecule has 2 aromatic carbocycles. The summed E-state index contributed by atoms with van der Waals surface area (Å²) >= 11 is 1.32. The molecule has 0 aliphatic carbocycles. The lowest BCUT2D eigenvalue weighted by Crippen LogP contribution is -2.39. The average Bonchev–Trinajstić information content (AvgIpc) is 3.37. The Labute approximate surface area is 198 Å². The van der Waals surface area contributed by atoms with Crippen molar-refractivity contribution >= 4 is 40.3 Å². The number of nitrogens with two attached hydrogens (primary N) is 1. The number of nitrogens with zero attached hydrogens (tertiary/aromatic N) is 2. The molecule has 0 bridgehead atoms. The van der Waals surface area contributed by atoms with Gasteiger partial charge in [-0.1, -0.05) is 36.4 Å². The fourth-order valence-electron chi connectivity index (χ4n) is 3.42. The molecule has 4 aromatic rings. The molecule has 0 fully saturated rings. The van der Waals surface area contributed by atoms with E-state index in [1.165, 1.54) is 35.1 Å². The number of benzene rings is 2. The molecule has 0 aliphatic rings. The predicted molar refractivity (Wildman–Crippen MR) is 133 cm³/mol. The Bertz CT molecular complexity index is 1440. The van der Waals surface area contributed by atoms with Gasteiger partial charge < -0.3 is 16.0 Å². The van der Waals surface area contributed by atoms with E-state index in [0.717, 1.165) is 10.5 Å². The van der Waals surface area contributed by atoms with Gasteiger partial charge in [0.15, 0.2) is 5.69 Å². The highest BCUT2D eigenvalue weighted by Gasteiger charge is 2.22. The van der Waals surface area contributed by atoms with Crippen LogP contribution in [-0.4, -0.2) is 28.4 Å². The molecule has 0 radical (unpaired) electrons. The Morgan fingerprint density at radius 3 is 2.38 bits per heavy atom. The fraction of sp³-hybridized carbons (Fsp3) is 0.0833. The Morgan fingerprint density at radius 2 is 1.74 bits per heavy atom. The first-order valence-corrected chi connectivity index (χ1v) is 11.1. The number of hydrogen-bond acceptors (Lipinski definition) is 6. The van der Waals surface area contributed by atoms with Crippen molar-refractivity contribution in [1.29, 1.82) is 0 Å². The summed E-state index contributed by atoms with van der Waals surface area (Å²) < 4.78 is 1.21. The average molecular weight is 476 g/mol. The quantitative estimate of drug-likeness (QED) is 0.395. The van der Waals surface area contributed by atoms with Crippen LogP contribution in [0.3, 0.4) is 0 Å². The van der Waals surface area contributed by atoms with Crippen LogP contribution >= 0.6 is 11.3 Å². The summed E-state index contributed by atoms with van der Waals surface area (Å²) in [6.07, 6.45) is 0. The van der Waals surface area contributed by atoms with Crippen molar-refractivity contribution in [3.8, 4) is 0 Å². The van der Waals surface area contributed by atoms with Crippen LogP contribution in [0.4, 0.5) is 17.2 Å². The molecule has 4 rings (SSSR count). The van der Waals surface area contributed by atoms with Crippen LogP contribution < -0.4 is 27.2 Å². The molecule has 0 spiro atoms. The van der Waals surface area contributed by atoms with Crippen LogP contribution in [0.2, 0.25) is 0 Å². The van der Waals surface area contributed by atoms with Gasteiger partial charge in [-0.05, 0) is 41.3 Å². The van der Waals surface area contributed by atoms with Crippen LogP contribution in [0.5, 0.6) is 0 Å². The van der Waals surface area contributed by atoms with Crippen molar-refractivity contribution in [2.24, 2.45) is 0 Å². The number of carbonyl (C=O) groups is 2. The minimum atomic E-state index is -0.762. The first-order valence-electron chi connectivity index (χ1n) is 10.2. The lowest BCUT2D eigenvalue weighted by Gasteiger charge is -2.20. The van der Waals surface area contributed by atoms with E-state index in [9.17, 15) is 19.2 Å². The van der Waals surface area contributed by atoms with Gasteiger partial charge in [-0.15, -0.1) is 11.3 Å². The molecule has 2 heterocycles. The van der Waals surface area contributed by atoms with Gasteiger partial charge >= 0.3 is 5.69 Å². The molecule has 2 amide bonds. The number of carbonyl (C=O) groups excluding carboxylic acids is 2. The summed E-state index contributed by atoms with van der Waals surface area (Å²) in [5, 5.41) is 4.57. The second-order valence-corrected chi connectivity index (χ2v) is 8.39. The van der Waals surface area contributed by atoms with E-state index in [0.29, 0.717) is 10.6 Å². The standard InChI is InChI=1S/C24H21N5O4S/c1-28(19-20(25)29(24(33)27-22(19)31)14-15-6-3-2-4-7-15)23(32)16-9-11-17(12-10-16)26-21(30)18-8-5-13-34-18/h2-13H,14,25H2,1H3,(H,26,30)(H,27,31,33). The number of aromatic amines is 1. The molecule has 0 atom stereocenters. The molecular formula is C24H21N5O4S. The maximum absolute atomic E-state index is 13.1. The topological polar surface area (TPSA) is 130 Å². The first kappa shape index (κ1) is 22.7. The van der Waals surface area contributed by atoms with Gasteiger partial charge in [0.1, 0.15) is 5.82 Å². The van der Waals surface area contributed by atoms with Gasteiger partial charge in [-0.25, -0.2) is 4.79 Å². The largest absolute Gasteiger partial charge is 0.383 e. The van der Waals surface area contributed by atoms with Gasteiger partial charge in [0.25, 0.3) is 17.4 Å². The van der Waals surface area contributed by atoms with Crippen LogP contribution in [-0.2, 0) is 6.54 Å². The first-order chi connectivity index (χ1) is 16.3. The third kappa shape index (κ3) is 4.66. The van der Waals surface area contributed by atoms with Gasteiger partial charge in [0.2, 0.25) is 0 Å². The minimum absolute atomic E-state index is 0.117. The van der Waals surface area contributed by atoms with E-state index in [1.807, 2.05) is 35.7 Å². The summed E-state index contributed by atoms with van der Waals surface area (Å²) in [4.78, 5) is 54.1. The highest BCUT2D eigenvalue weighted by Crippen LogP contribution is 2.20. The Hall–Kier alpha value is -4.44. The Balaban J connectivity index is 1.57. The van der Waals surface area contributed by atoms with E-state index in [4.69, 9.17) is 5.73 Å². The van der Waals surface area contributed by atoms with E-state index in [1.54, 1.807) is 24.3 Å². The maximum Gasteiger partial charge on any atom is 0.330 e. The monoisotopic (exact) mass is 475 g/mol. The SMILES string of the molecule is CN(C(=O)c1ccc(NC(=O)c2cccs2)cc1)c1c(N)n(Cc2ccccc2)c(=O)[nH]c1=O. The van der Waals surface area contributed by atoms with Crippen molar-refractivity contribution in [2.45, 2.75) is 6.54 Å². The zero-order chi connectivity index (χ0) is 24.2. The van der Waals surface area contributed by atoms with E-state index in [2.05, 4.69) is 10.3 Å². The summed E-state index contributed by atoms with van der Waals surface area (Å²) in [5.41, 5.74) is 6.22. The third-order valence-electron chi connectivity index (χ3n) is 5.17. The van der Waals surface area contributed by atoms with E-state index >= 15 is 0 Å². The molecule has 2 aromatic heterocycles. The number of rotatable bonds is 6. The van der Waals surface area contributed by atoms with Crippen molar-refractivity contribution < 1.29 is 9.59 Å². The van der Waals surface area contributed by atoms with Crippen molar-refractivity contribution in [2.75, 3.05) is 23.0 Å². The normalized spacial score (nSPS) is 10.6. The summed E-state index contributed by atoms with van der Waals surface area (Å²) in [6.45, 7) is 0.135. The number of amides is 2. The number of nitrogens with one attached hydrogen (secondary N) is 2. The maximum atomic E-state index is 13.1. The number of H-pyrrole nitrogens is 1. The lowest BCUT2D eigenvalue weighted by molar-refractivity contribution is 0.0991. The van der Waals surface area contributed by atoms with Gasteiger partial charge in [0.05, 0.1) is 11.4 Å². The summed E-state index contributed by atoms with van der Waals surface area (Å²) in [6, 6.07) is 18.9. The van der Waals surface area contributed by atoms with Gasteiger partial charge in [0, 0.05) is 18.3 Å². The highest BCUT2D eigenvalue weighted by atomic mass is 32.1. The molecular weight excluding hydrogens is 454 g/mol. The van der Waals surface area contributed by atoms with Crippen LogP contribution in [0.15, 0.2) is 81.7 Å². The molecule has 0 saturated heterocycles. The van der Waals surface area contributed by atoms with Crippen LogP contribution in [0.25, 0.3) is 0 Å². The zero-order valence-electron chi connectivity index (χ0n) is 18.1. The summed E-state index contributed by atoms with van der Waals surface area (Å²) in [5.74, 6) is -0.863. The number of hydrogen-bond donors (Lipinski definition) is 3. The van der Waals surface area contributed by atoms with Crippen LogP contribution in [0.1, 0.15) is 25.6 Å². The summed E-state index contributed by atoms with van der Waals surface area (Å²) in [7, 11) is 1.41. The zero-order valence-corrected chi connectivity index (χ0v) is 19.0. The van der Waals surface area contributed by atoms with Crippen LogP contribution in [0, 0.1) is 0 Å². The fourth-order valence-corrected chi connectivity index (χ4v) is 4.04. The predicted octanol–water partition coefficient (Wildman–Crippen LogP) is 2.76. The number of aromatic nitrogens is 2. The minimum Gasteiger partial charge on any atom is -0.383 e. The van der Waals surface area contributed by atoms with Crippen molar-refractivity contribution in [1.82, 2.24) is 9.55 Å². The second-order valence-electron chi connectivity index (χ2n) is 7.44. The Kier molecular flexibility index (Phi) is 6.42. The van der Waals surface area contributed by atoms with Crippen molar-refractivity contribution in [3.05, 3.63) is 109 Å². The molecule has 9 nitrogen and oxygen atoms in total. The molecule has 10 heteroatoms. The Morgan fingerprint density at radius 1 is 1.03 bits per heavy atom. The second kappa shape index (κ2) is 9.59.